The Morgan fingerprint density at radius 1 is 1.00 bits per heavy atom. The molecule has 0 saturated heterocycles. The van der Waals surface area contributed by atoms with Crippen LogP contribution in [0, 0.1) is 0 Å². The lowest BCUT2D eigenvalue weighted by Crippen LogP contribution is -2.13. The van der Waals surface area contributed by atoms with E-state index in [-0.39, 0.29) is 25.2 Å². The SMILES string of the molecule is C=CC(=O)OCCOP(=O)([O-])Cc1ccc(C(=O)c2ccccc2)cc1. The summed E-state index contributed by atoms with van der Waals surface area (Å²) in [6, 6.07) is 15.1. The van der Waals surface area contributed by atoms with Crippen LogP contribution < -0.4 is 4.89 Å². The number of hydrogen-bond donors (Lipinski definition) is 0. The highest BCUT2D eigenvalue weighted by molar-refractivity contribution is 7.50. The van der Waals surface area contributed by atoms with Gasteiger partial charge < -0.3 is 18.7 Å². The van der Waals surface area contributed by atoms with Gasteiger partial charge in [-0.15, -0.1) is 0 Å². The second kappa shape index (κ2) is 9.25. The van der Waals surface area contributed by atoms with Crippen LogP contribution >= 0.6 is 7.60 Å². The van der Waals surface area contributed by atoms with E-state index in [0.717, 1.165) is 6.08 Å². The molecule has 136 valence electrons. The summed E-state index contributed by atoms with van der Waals surface area (Å²) in [5.74, 6) is -0.782. The normalized spacial score (nSPS) is 12.8. The van der Waals surface area contributed by atoms with Crippen molar-refractivity contribution in [3.05, 3.63) is 83.9 Å². The summed E-state index contributed by atoms with van der Waals surface area (Å²) in [4.78, 5) is 35.1. The molecule has 0 radical (unpaired) electrons. The minimum atomic E-state index is -4.13. The summed E-state index contributed by atoms with van der Waals surface area (Å²) < 4.78 is 21.4. The van der Waals surface area contributed by atoms with E-state index < -0.39 is 13.6 Å². The summed E-state index contributed by atoms with van der Waals surface area (Å²) in [6.07, 6.45) is 0.664. The van der Waals surface area contributed by atoms with Crippen molar-refractivity contribution < 1.29 is 28.3 Å². The summed E-state index contributed by atoms with van der Waals surface area (Å²) in [7, 11) is -4.13. The van der Waals surface area contributed by atoms with Crippen LogP contribution in [0.25, 0.3) is 0 Å². The summed E-state index contributed by atoms with van der Waals surface area (Å²) >= 11 is 0. The Labute approximate surface area is 151 Å². The summed E-state index contributed by atoms with van der Waals surface area (Å²) in [5.41, 5.74) is 1.53. The molecule has 0 N–H and O–H groups in total. The quantitative estimate of drug-likeness (QED) is 0.221. The van der Waals surface area contributed by atoms with Crippen molar-refractivity contribution in [2.45, 2.75) is 6.16 Å². The average Bonchev–Trinajstić information content (AvgIpc) is 2.65. The van der Waals surface area contributed by atoms with Crippen molar-refractivity contribution in [1.82, 2.24) is 0 Å². The largest absolute Gasteiger partial charge is 0.778 e. The van der Waals surface area contributed by atoms with E-state index in [0.29, 0.717) is 16.7 Å². The van der Waals surface area contributed by atoms with Crippen molar-refractivity contribution in [1.29, 1.82) is 0 Å². The fourth-order valence-electron chi connectivity index (χ4n) is 2.16. The molecular formula is C19H18O6P-. The minimum absolute atomic E-state index is 0.136. The van der Waals surface area contributed by atoms with Crippen LogP contribution in [0.3, 0.4) is 0 Å². The van der Waals surface area contributed by atoms with Crippen LogP contribution in [0.1, 0.15) is 21.5 Å². The summed E-state index contributed by atoms with van der Waals surface area (Å²) in [5, 5.41) is 0. The van der Waals surface area contributed by atoms with Gasteiger partial charge in [-0.2, -0.15) is 0 Å². The Bertz CT molecular complexity index is 814. The van der Waals surface area contributed by atoms with Gasteiger partial charge in [0.1, 0.15) is 14.2 Å². The topological polar surface area (TPSA) is 92.7 Å². The average molecular weight is 373 g/mol. The third-order valence-electron chi connectivity index (χ3n) is 3.41. The number of carbonyl (C=O) groups excluding carboxylic acids is 2. The number of ketones is 1. The van der Waals surface area contributed by atoms with Gasteiger partial charge in [-0.3, -0.25) is 4.79 Å². The van der Waals surface area contributed by atoms with Crippen LogP contribution in [-0.4, -0.2) is 25.0 Å². The van der Waals surface area contributed by atoms with Crippen LogP contribution in [0.4, 0.5) is 0 Å². The van der Waals surface area contributed by atoms with E-state index in [1.54, 1.807) is 48.5 Å². The van der Waals surface area contributed by atoms with E-state index in [1.807, 2.05) is 6.07 Å². The molecule has 2 rings (SSSR count). The maximum atomic E-state index is 12.3. The Balaban J connectivity index is 1.91. The van der Waals surface area contributed by atoms with Gasteiger partial charge in [0.2, 0.25) is 0 Å². The van der Waals surface area contributed by atoms with Gasteiger partial charge in [0, 0.05) is 23.4 Å². The minimum Gasteiger partial charge on any atom is -0.778 e. The smallest absolute Gasteiger partial charge is 0.330 e. The number of hydrogen-bond acceptors (Lipinski definition) is 6. The van der Waals surface area contributed by atoms with Crippen molar-refractivity contribution in [3.8, 4) is 0 Å². The van der Waals surface area contributed by atoms with Crippen molar-refractivity contribution in [2.75, 3.05) is 13.2 Å². The molecule has 0 aliphatic rings. The highest BCUT2D eigenvalue weighted by Crippen LogP contribution is 2.40. The fourth-order valence-corrected chi connectivity index (χ4v) is 3.27. The molecule has 0 spiro atoms. The molecule has 0 amide bonds. The molecule has 0 fully saturated rings. The zero-order valence-electron chi connectivity index (χ0n) is 14.0. The Kier molecular flexibility index (Phi) is 7.04. The van der Waals surface area contributed by atoms with Gasteiger partial charge in [-0.05, 0) is 5.56 Å². The van der Waals surface area contributed by atoms with Crippen molar-refractivity contribution in [2.24, 2.45) is 0 Å². The van der Waals surface area contributed by atoms with Gasteiger partial charge in [-0.1, -0.05) is 61.2 Å². The molecule has 0 aromatic heterocycles. The molecule has 0 aliphatic heterocycles. The Morgan fingerprint density at radius 2 is 1.62 bits per heavy atom. The maximum Gasteiger partial charge on any atom is 0.330 e. The molecule has 6 nitrogen and oxygen atoms in total. The Morgan fingerprint density at radius 3 is 2.23 bits per heavy atom. The van der Waals surface area contributed by atoms with E-state index in [4.69, 9.17) is 4.52 Å². The van der Waals surface area contributed by atoms with Gasteiger partial charge in [0.15, 0.2) is 5.78 Å². The number of ether oxygens (including phenoxy) is 1. The molecule has 7 heteroatoms. The third kappa shape index (κ3) is 6.08. The molecule has 26 heavy (non-hydrogen) atoms. The highest BCUT2D eigenvalue weighted by Gasteiger charge is 2.12. The monoisotopic (exact) mass is 373 g/mol. The zero-order chi connectivity index (χ0) is 19.0. The first kappa shape index (κ1) is 19.8. The lowest BCUT2D eigenvalue weighted by Gasteiger charge is -2.23. The highest BCUT2D eigenvalue weighted by atomic mass is 31.2. The molecular weight excluding hydrogens is 355 g/mol. The van der Waals surface area contributed by atoms with E-state index in [9.17, 15) is 19.0 Å². The molecule has 2 aromatic rings. The van der Waals surface area contributed by atoms with E-state index in [1.165, 1.54) is 0 Å². The second-order valence-corrected chi connectivity index (χ2v) is 7.16. The van der Waals surface area contributed by atoms with Gasteiger partial charge in [0.05, 0.1) is 6.61 Å². The standard InChI is InChI=1S/C19H19O6P/c1-2-18(20)24-12-13-25-26(22,23)14-15-8-10-17(11-9-15)19(21)16-6-4-3-5-7-16/h2-11H,1,12-14H2,(H,22,23)/p-1. The molecule has 0 heterocycles. The first-order valence-corrected chi connectivity index (χ1v) is 9.56. The first-order valence-electron chi connectivity index (χ1n) is 7.84. The Hall–Kier alpha value is -2.53. The molecule has 2 aromatic carbocycles. The van der Waals surface area contributed by atoms with Crippen LogP contribution in [-0.2, 0) is 24.8 Å². The summed E-state index contributed by atoms with van der Waals surface area (Å²) in [6.45, 7) is 2.79. The second-order valence-electron chi connectivity index (χ2n) is 5.37. The van der Waals surface area contributed by atoms with E-state index in [2.05, 4.69) is 11.3 Å². The van der Waals surface area contributed by atoms with Crippen LogP contribution in [0.2, 0.25) is 0 Å². The fraction of sp³-hybridized carbons (Fsp3) is 0.158. The van der Waals surface area contributed by atoms with Crippen molar-refractivity contribution >= 4 is 19.3 Å². The van der Waals surface area contributed by atoms with Gasteiger partial charge in [0.25, 0.3) is 0 Å². The number of benzene rings is 2. The number of carbonyl (C=O) groups is 2. The van der Waals surface area contributed by atoms with Gasteiger partial charge in [-0.25, -0.2) is 4.79 Å². The van der Waals surface area contributed by atoms with Crippen LogP contribution in [0.5, 0.6) is 0 Å². The molecule has 0 bridgehead atoms. The molecule has 0 aliphatic carbocycles. The molecule has 1 unspecified atom stereocenters. The van der Waals surface area contributed by atoms with E-state index >= 15 is 0 Å². The number of rotatable bonds is 9. The third-order valence-corrected chi connectivity index (χ3v) is 4.74. The lowest BCUT2D eigenvalue weighted by molar-refractivity contribution is -0.200. The first-order chi connectivity index (χ1) is 12.4. The maximum absolute atomic E-state index is 12.3. The predicted molar refractivity (Wildman–Crippen MR) is 94.7 cm³/mol. The molecule has 1 atom stereocenters. The lowest BCUT2D eigenvalue weighted by atomic mass is 10.0. The van der Waals surface area contributed by atoms with Crippen LogP contribution in [0.15, 0.2) is 67.3 Å². The van der Waals surface area contributed by atoms with Gasteiger partial charge >= 0.3 is 5.97 Å². The number of esters is 1. The zero-order valence-corrected chi connectivity index (χ0v) is 14.9. The predicted octanol–water partition coefficient (Wildman–Crippen LogP) is 2.72. The molecule has 0 saturated carbocycles. The van der Waals surface area contributed by atoms with Crippen molar-refractivity contribution in [3.63, 3.8) is 0 Å².